The number of nitrogens with zero attached hydrogens (tertiary/aromatic N) is 1. The maximum absolute atomic E-state index is 11.1. The lowest BCUT2D eigenvalue weighted by atomic mass is 10.0. The lowest BCUT2D eigenvalue weighted by Gasteiger charge is -2.16. The molecule has 0 aliphatic heterocycles. The monoisotopic (exact) mass is 300 g/mol. The number of nitro groups is 1. The molecule has 6 nitrogen and oxygen atoms in total. The van der Waals surface area contributed by atoms with Crippen molar-refractivity contribution in [3.05, 3.63) is 38.9 Å². The molecular formula is C13H17ClN2O4. The fourth-order valence-corrected chi connectivity index (χ4v) is 2.00. The Morgan fingerprint density at radius 1 is 1.50 bits per heavy atom. The molecule has 0 spiro atoms. The van der Waals surface area contributed by atoms with E-state index in [4.69, 9.17) is 16.7 Å². The molecule has 7 heteroatoms. The summed E-state index contributed by atoms with van der Waals surface area (Å²) in [6.07, 6.45) is 0.455. The standard InChI is InChI=1S/C13H17ClN2O4/c1-8(2)5-11(13(17)18)15-7-9-3-4-10(14)6-12(9)16(19)20/h3-4,6,8,11,15H,5,7H2,1-2H3,(H,17,18). The number of benzene rings is 1. The molecule has 1 rings (SSSR count). The van der Waals surface area contributed by atoms with Gasteiger partial charge in [0.25, 0.3) is 5.69 Å². The first-order chi connectivity index (χ1) is 9.31. The van der Waals surface area contributed by atoms with E-state index in [-0.39, 0.29) is 23.2 Å². The highest BCUT2D eigenvalue weighted by Gasteiger charge is 2.20. The van der Waals surface area contributed by atoms with E-state index in [9.17, 15) is 14.9 Å². The molecule has 0 saturated heterocycles. The van der Waals surface area contributed by atoms with Crippen LogP contribution in [-0.4, -0.2) is 22.0 Å². The number of carboxylic acid groups (broad SMARTS) is 1. The maximum Gasteiger partial charge on any atom is 0.320 e. The smallest absolute Gasteiger partial charge is 0.320 e. The lowest BCUT2D eigenvalue weighted by molar-refractivity contribution is -0.385. The van der Waals surface area contributed by atoms with Gasteiger partial charge < -0.3 is 10.4 Å². The third kappa shape index (κ3) is 4.79. The highest BCUT2D eigenvalue weighted by atomic mass is 35.5. The summed E-state index contributed by atoms with van der Waals surface area (Å²) in [6.45, 7) is 3.95. The van der Waals surface area contributed by atoms with Crippen LogP contribution in [0.25, 0.3) is 0 Å². The van der Waals surface area contributed by atoms with Crippen LogP contribution in [0.4, 0.5) is 5.69 Å². The van der Waals surface area contributed by atoms with Gasteiger partial charge in [0.1, 0.15) is 6.04 Å². The number of hydrogen-bond acceptors (Lipinski definition) is 4. The quantitative estimate of drug-likeness (QED) is 0.596. The van der Waals surface area contributed by atoms with Crippen molar-refractivity contribution in [3.8, 4) is 0 Å². The van der Waals surface area contributed by atoms with Crippen LogP contribution in [0.3, 0.4) is 0 Å². The van der Waals surface area contributed by atoms with Crippen LogP contribution in [-0.2, 0) is 11.3 Å². The van der Waals surface area contributed by atoms with Gasteiger partial charge in [0.2, 0.25) is 0 Å². The van der Waals surface area contributed by atoms with E-state index >= 15 is 0 Å². The Morgan fingerprint density at radius 3 is 2.65 bits per heavy atom. The second-order valence-corrected chi connectivity index (χ2v) is 5.37. The number of nitro benzene ring substituents is 1. The second-order valence-electron chi connectivity index (χ2n) is 4.93. The molecule has 0 heterocycles. The van der Waals surface area contributed by atoms with Gasteiger partial charge in [0, 0.05) is 23.2 Å². The summed E-state index contributed by atoms with van der Waals surface area (Å²) in [5, 5.41) is 23.1. The average Bonchev–Trinajstić information content (AvgIpc) is 2.34. The van der Waals surface area contributed by atoms with Gasteiger partial charge in [-0.15, -0.1) is 0 Å². The Balaban J connectivity index is 2.82. The zero-order valence-electron chi connectivity index (χ0n) is 11.3. The Hall–Kier alpha value is -1.66. The number of hydrogen-bond donors (Lipinski definition) is 2. The molecule has 0 amide bonds. The van der Waals surface area contributed by atoms with Crippen LogP contribution >= 0.6 is 11.6 Å². The van der Waals surface area contributed by atoms with Crippen LogP contribution in [0.15, 0.2) is 18.2 Å². The van der Waals surface area contributed by atoms with Crippen LogP contribution in [0, 0.1) is 16.0 Å². The maximum atomic E-state index is 11.1. The van der Waals surface area contributed by atoms with E-state index in [1.54, 1.807) is 6.07 Å². The summed E-state index contributed by atoms with van der Waals surface area (Å²) in [4.78, 5) is 21.5. The largest absolute Gasteiger partial charge is 0.480 e. The molecule has 1 atom stereocenters. The number of aliphatic carboxylic acids is 1. The molecule has 110 valence electrons. The first-order valence-electron chi connectivity index (χ1n) is 6.20. The highest BCUT2D eigenvalue weighted by Crippen LogP contribution is 2.23. The number of halogens is 1. The summed E-state index contributed by atoms with van der Waals surface area (Å²) in [5.41, 5.74) is 0.299. The van der Waals surface area contributed by atoms with Gasteiger partial charge in [-0.25, -0.2) is 0 Å². The fourth-order valence-electron chi connectivity index (χ4n) is 1.83. The zero-order chi connectivity index (χ0) is 15.3. The van der Waals surface area contributed by atoms with Crippen molar-refractivity contribution in [2.24, 2.45) is 5.92 Å². The van der Waals surface area contributed by atoms with Crippen molar-refractivity contribution in [2.75, 3.05) is 0 Å². The topological polar surface area (TPSA) is 92.5 Å². The van der Waals surface area contributed by atoms with E-state index < -0.39 is 16.9 Å². The van der Waals surface area contributed by atoms with Gasteiger partial charge in [0.15, 0.2) is 0 Å². The summed E-state index contributed by atoms with van der Waals surface area (Å²) in [7, 11) is 0. The zero-order valence-corrected chi connectivity index (χ0v) is 12.1. The molecule has 0 saturated carbocycles. The Bertz CT molecular complexity index is 505. The van der Waals surface area contributed by atoms with E-state index in [1.807, 2.05) is 13.8 Å². The van der Waals surface area contributed by atoms with Crippen molar-refractivity contribution in [1.29, 1.82) is 0 Å². The normalized spacial score (nSPS) is 12.4. The second kappa shape index (κ2) is 7.21. The van der Waals surface area contributed by atoms with Gasteiger partial charge in [-0.05, 0) is 24.5 Å². The molecule has 1 aromatic rings. The number of carbonyl (C=O) groups is 1. The minimum atomic E-state index is -0.963. The van der Waals surface area contributed by atoms with Crippen LogP contribution in [0.2, 0.25) is 5.02 Å². The Kier molecular flexibility index (Phi) is 5.91. The third-order valence-electron chi connectivity index (χ3n) is 2.79. The third-order valence-corrected chi connectivity index (χ3v) is 3.02. The van der Waals surface area contributed by atoms with Crippen LogP contribution < -0.4 is 5.32 Å². The molecule has 0 aromatic heterocycles. The van der Waals surface area contributed by atoms with E-state index in [1.165, 1.54) is 12.1 Å². The molecule has 1 aromatic carbocycles. The molecular weight excluding hydrogens is 284 g/mol. The molecule has 0 bridgehead atoms. The summed E-state index contributed by atoms with van der Waals surface area (Å²) in [6, 6.07) is 3.60. The van der Waals surface area contributed by atoms with Gasteiger partial charge in [-0.1, -0.05) is 25.4 Å². The molecule has 0 aliphatic rings. The molecule has 20 heavy (non-hydrogen) atoms. The minimum Gasteiger partial charge on any atom is -0.480 e. The van der Waals surface area contributed by atoms with Crippen LogP contribution in [0.5, 0.6) is 0 Å². The average molecular weight is 301 g/mol. The van der Waals surface area contributed by atoms with Crippen molar-refractivity contribution in [2.45, 2.75) is 32.9 Å². The van der Waals surface area contributed by atoms with Gasteiger partial charge in [0.05, 0.1) is 4.92 Å². The predicted molar refractivity (Wildman–Crippen MR) is 75.8 cm³/mol. The van der Waals surface area contributed by atoms with Gasteiger partial charge in [-0.3, -0.25) is 14.9 Å². The number of rotatable bonds is 7. The number of nitrogens with one attached hydrogen (secondary N) is 1. The summed E-state index contributed by atoms with van der Waals surface area (Å²) < 4.78 is 0. The predicted octanol–water partition coefficient (Wildman–Crippen LogP) is 2.84. The van der Waals surface area contributed by atoms with Crippen molar-refractivity contribution >= 4 is 23.3 Å². The first-order valence-corrected chi connectivity index (χ1v) is 6.58. The molecule has 0 fully saturated rings. The summed E-state index contributed by atoms with van der Waals surface area (Å²) in [5.74, 6) is -0.751. The van der Waals surface area contributed by atoms with Gasteiger partial charge >= 0.3 is 5.97 Å². The lowest BCUT2D eigenvalue weighted by Crippen LogP contribution is -2.37. The van der Waals surface area contributed by atoms with E-state index in [0.29, 0.717) is 12.0 Å². The molecule has 2 N–H and O–H groups in total. The van der Waals surface area contributed by atoms with Crippen molar-refractivity contribution < 1.29 is 14.8 Å². The van der Waals surface area contributed by atoms with E-state index in [0.717, 1.165) is 0 Å². The van der Waals surface area contributed by atoms with Crippen molar-refractivity contribution in [1.82, 2.24) is 5.32 Å². The molecule has 0 aliphatic carbocycles. The summed E-state index contributed by atoms with van der Waals surface area (Å²) >= 11 is 5.72. The van der Waals surface area contributed by atoms with Crippen molar-refractivity contribution in [3.63, 3.8) is 0 Å². The Labute approximate surface area is 121 Å². The van der Waals surface area contributed by atoms with Gasteiger partial charge in [-0.2, -0.15) is 0 Å². The van der Waals surface area contributed by atoms with E-state index in [2.05, 4.69) is 5.32 Å². The Morgan fingerprint density at radius 2 is 2.15 bits per heavy atom. The minimum absolute atomic E-state index is 0.108. The SMILES string of the molecule is CC(C)CC(NCc1ccc(Cl)cc1[N+](=O)[O-])C(=O)O. The van der Waals surface area contributed by atoms with Crippen LogP contribution in [0.1, 0.15) is 25.8 Å². The molecule has 1 unspecified atom stereocenters. The highest BCUT2D eigenvalue weighted by molar-refractivity contribution is 6.30. The molecule has 0 radical (unpaired) electrons. The number of carboxylic acids is 1. The fraction of sp³-hybridized carbons (Fsp3) is 0.462. The first kappa shape index (κ1) is 16.4.